The SMILES string of the molecule is CC(C#CC1C(C)CC(=O)C(O)C1(C)C)=CCO. The highest BCUT2D eigenvalue weighted by Gasteiger charge is 2.46. The van der Waals surface area contributed by atoms with Gasteiger partial charge in [0.1, 0.15) is 6.10 Å². The van der Waals surface area contributed by atoms with E-state index < -0.39 is 11.5 Å². The third-order valence-electron chi connectivity index (χ3n) is 3.73. The van der Waals surface area contributed by atoms with Gasteiger partial charge >= 0.3 is 0 Å². The van der Waals surface area contributed by atoms with Gasteiger partial charge in [-0.05, 0) is 24.5 Å². The third kappa shape index (κ3) is 3.01. The molecule has 0 aromatic rings. The number of carbonyl (C=O) groups excluding carboxylic acids is 1. The molecule has 2 N–H and O–H groups in total. The predicted molar refractivity (Wildman–Crippen MR) is 70.7 cm³/mol. The van der Waals surface area contributed by atoms with Gasteiger partial charge in [-0.2, -0.15) is 0 Å². The molecule has 3 heteroatoms. The van der Waals surface area contributed by atoms with Crippen LogP contribution in [0.2, 0.25) is 0 Å². The zero-order valence-electron chi connectivity index (χ0n) is 11.5. The van der Waals surface area contributed by atoms with E-state index in [2.05, 4.69) is 11.8 Å². The number of allylic oxidation sites excluding steroid dienone is 1. The molecule has 1 aliphatic carbocycles. The van der Waals surface area contributed by atoms with Gasteiger partial charge in [0.2, 0.25) is 0 Å². The van der Waals surface area contributed by atoms with E-state index in [9.17, 15) is 9.90 Å². The molecule has 0 spiro atoms. The van der Waals surface area contributed by atoms with Crippen LogP contribution in [0, 0.1) is 29.1 Å². The first kappa shape index (κ1) is 14.9. The van der Waals surface area contributed by atoms with Gasteiger partial charge in [-0.15, -0.1) is 0 Å². The van der Waals surface area contributed by atoms with Crippen molar-refractivity contribution in [2.45, 2.75) is 40.2 Å². The lowest BCUT2D eigenvalue weighted by Gasteiger charge is -2.42. The van der Waals surface area contributed by atoms with Crippen molar-refractivity contribution in [3.05, 3.63) is 11.6 Å². The summed E-state index contributed by atoms with van der Waals surface area (Å²) in [6.45, 7) is 7.58. The minimum atomic E-state index is -0.935. The van der Waals surface area contributed by atoms with E-state index in [1.54, 1.807) is 6.08 Å². The molecule has 0 saturated heterocycles. The predicted octanol–water partition coefficient (Wildman–Crippen LogP) is 1.54. The standard InChI is InChI=1S/C15H22O3/c1-10(7-8-16)5-6-12-11(2)9-13(17)14(18)15(12,3)4/h7,11-12,14,16,18H,8-9H2,1-4H3. The van der Waals surface area contributed by atoms with Gasteiger partial charge in [-0.3, -0.25) is 4.79 Å². The molecule has 0 heterocycles. The summed E-state index contributed by atoms with van der Waals surface area (Å²) in [5.74, 6) is 6.19. The van der Waals surface area contributed by atoms with Crippen molar-refractivity contribution in [1.82, 2.24) is 0 Å². The van der Waals surface area contributed by atoms with E-state index in [4.69, 9.17) is 5.11 Å². The van der Waals surface area contributed by atoms with Gasteiger partial charge in [0, 0.05) is 17.8 Å². The summed E-state index contributed by atoms with van der Waals surface area (Å²) in [6.07, 6.45) is 1.09. The smallest absolute Gasteiger partial charge is 0.162 e. The van der Waals surface area contributed by atoms with Crippen molar-refractivity contribution in [1.29, 1.82) is 0 Å². The first-order valence-electron chi connectivity index (χ1n) is 6.30. The molecular weight excluding hydrogens is 228 g/mol. The minimum absolute atomic E-state index is 0.0211. The number of Topliss-reactive ketones (excluding diaryl/α,β-unsaturated/α-hetero) is 1. The number of hydrogen-bond acceptors (Lipinski definition) is 3. The summed E-state index contributed by atoms with van der Waals surface area (Å²) in [5, 5.41) is 18.8. The Morgan fingerprint density at radius 3 is 2.72 bits per heavy atom. The molecule has 3 atom stereocenters. The highest BCUT2D eigenvalue weighted by molar-refractivity contribution is 5.85. The summed E-state index contributed by atoms with van der Waals surface area (Å²) < 4.78 is 0. The normalized spacial score (nSPS) is 31.8. The Kier molecular flexibility index (Phi) is 4.72. The second-order valence-electron chi connectivity index (χ2n) is 5.69. The molecule has 18 heavy (non-hydrogen) atoms. The van der Waals surface area contributed by atoms with Crippen LogP contribution in [-0.2, 0) is 4.79 Å². The van der Waals surface area contributed by atoms with Gasteiger partial charge in [-0.1, -0.05) is 32.6 Å². The molecule has 0 amide bonds. The molecule has 3 nitrogen and oxygen atoms in total. The zero-order valence-corrected chi connectivity index (χ0v) is 11.5. The van der Waals surface area contributed by atoms with E-state index >= 15 is 0 Å². The van der Waals surface area contributed by atoms with Gasteiger partial charge in [0.05, 0.1) is 6.61 Å². The Hall–Kier alpha value is -1.11. The van der Waals surface area contributed by atoms with E-state index in [1.165, 1.54) is 0 Å². The van der Waals surface area contributed by atoms with Crippen LogP contribution < -0.4 is 0 Å². The molecule has 0 radical (unpaired) electrons. The highest BCUT2D eigenvalue weighted by Crippen LogP contribution is 2.42. The molecule has 1 rings (SSSR count). The van der Waals surface area contributed by atoms with E-state index in [0.29, 0.717) is 6.42 Å². The van der Waals surface area contributed by atoms with Crippen molar-refractivity contribution in [2.75, 3.05) is 6.61 Å². The van der Waals surface area contributed by atoms with Crippen molar-refractivity contribution in [2.24, 2.45) is 17.3 Å². The van der Waals surface area contributed by atoms with Crippen LogP contribution in [0.5, 0.6) is 0 Å². The van der Waals surface area contributed by atoms with Crippen LogP contribution in [-0.4, -0.2) is 28.7 Å². The zero-order chi connectivity index (χ0) is 13.9. The fourth-order valence-corrected chi connectivity index (χ4v) is 2.57. The molecule has 0 aromatic heterocycles. The van der Waals surface area contributed by atoms with Crippen molar-refractivity contribution >= 4 is 5.78 Å². The highest BCUT2D eigenvalue weighted by atomic mass is 16.3. The molecule has 0 aromatic carbocycles. The largest absolute Gasteiger partial charge is 0.392 e. The van der Waals surface area contributed by atoms with Crippen molar-refractivity contribution in [3.63, 3.8) is 0 Å². The summed E-state index contributed by atoms with van der Waals surface area (Å²) in [6, 6.07) is 0. The lowest BCUT2D eigenvalue weighted by Crippen LogP contribution is -2.49. The van der Waals surface area contributed by atoms with Crippen LogP contribution in [0.25, 0.3) is 0 Å². The van der Waals surface area contributed by atoms with Crippen LogP contribution in [0.4, 0.5) is 0 Å². The van der Waals surface area contributed by atoms with Gasteiger partial charge in [0.15, 0.2) is 5.78 Å². The fourth-order valence-electron chi connectivity index (χ4n) is 2.57. The fraction of sp³-hybridized carbons (Fsp3) is 0.667. The first-order chi connectivity index (χ1) is 8.30. The van der Waals surface area contributed by atoms with Crippen LogP contribution in [0.1, 0.15) is 34.1 Å². The van der Waals surface area contributed by atoms with Gasteiger partial charge in [-0.25, -0.2) is 0 Å². The quantitative estimate of drug-likeness (QED) is 0.694. The Bertz CT molecular complexity index is 409. The second kappa shape index (κ2) is 5.69. The number of aliphatic hydroxyl groups is 2. The number of aliphatic hydroxyl groups excluding tert-OH is 2. The molecule has 1 fully saturated rings. The molecule has 1 saturated carbocycles. The summed E-state index contributed by atoms with van der Waals surface area (Å²) in [5.41, 5.74) is 0.285. The Morgan fingerprint density at radius 2 is 2.17 bits per heavy atom. The number of hydrogen-bond donors (Lipinski definition) is 2. The molecule has 3 unspecified atom stereocenters. The third-order valence-corrected chi connectivity index (χ3v) is 3.73. The average molecular weight is 250 g/mol. The monoisotopic (exact) mass is 250 g/mol. The maximum absolute atomic E-state index is 11.7. The Morgan fingerprint density at radius 1 is 1.56 bits per heavy atom. The average Bonchev–Trinajstić information content (AvgIpc) is 2.26. The minimum Gasteiger partial charge on any atom is -0.392 e. The van der Waals surface area contributed by atoms with Crippen molar-refractivity contribution in [3.8, 4) is 11.8 Å². The van der Waals surface area contributed by atoms with Crippen LogP contribution >= 0.6 is 0 Å². The number of rotatable bonds is 1. The molecule has 1 aliphatic rings. The van der Waals surface area contributed by atoms with E-state index in [-0.39, 0.29) is 24.2 Å². The molecule has 0 aliphatic heterocycles. The lowest BCUT2D eigenvalue weighted by atomic mass is 9.62. The van der Waals surface area contributed by atoms with Crippen LogP contribution in [0.3, 0.4) is 0 Å². The Labute approximate surface area is 109 Å². The van der Waals surface area contributed by atoms with Crippen LogP contribution in [0.15, 0.2) is 11.6 Å². The summed E-state index contributed by atoms with van der Waals surface area (Å²) >= 11 is 0. The van der Waals surface area contributed by atoms with Gasteiger partial charge < -0.3 is 10.2 Å². The summed E-state index contributed by atoms with van der Waals surface area (Å²) in [4.78, 5) is 11.7. The lowest BCUT2D eigenvalue weighted by molar-refractivity contribution is -0.142. The molecule has 0 bridgehead atoms. The maximum Gasteiger partial charge on any atom is 0.162 e. The second-order valence-corrected chi connectivity index (χ2v) is 5.69. The number of carbonyl (C=O) groups is 1. The first-order valence-corrected chi connectivity index (χ1v) is 6.30. The van der Waals surface area contributed by atoms with Crippen molar-refractivity contribution < 1.29 is 15.0 Å². The topological polar surface area (TPSA) is 57.5 Å². The molecular formula is C15H22O3. The number of ketones is 1. The molecule has 100 valence electrons. The summed E-state index contributed by atoms with van der Waals surface area (Å²) in [7, 11) is 0. The maximum atomic E-state index is 11.7. The Balaban J connectivity index is 2.99. The van der Waals surface area contributed by atoms with E-state index in [0.717, 1.165) is 5.57 Å². The van der Waals surface area contributed by atoms with E-state index in [1.807, 2.05) is 27.7 Å². The van der Waals surface area contributed by atoms with Gasteiger partial charge in [0.25, 0.3) is 0 Å².